The second-order valence-corrected chi connectivity index (χ2v) is 4.85. The van der Waals surface area contributed by atoms with Crippen LogP contribution in [0.2, 0.25) is 5.15 Å². The Morgan fingerprint density at radius 2 is 2.12 bits per heavy atom. The average Bonchev–Trinajstić information content (AvgIpc) is 2.62. The minimum absolute atomic E-state index is 0.466. The lowest BCUT2D eigenvalue weighted by Gasteiger charge is -2.07. The lowest BCUT2D eigenvalue weighted by Crippen LogP contribution is -2.03. The third-order valence-electron chi connectivity index (χ3n) is 2.39. The highest BCUT2D eigenvalue weighted by atomic mass is 35.5. The van der Waals surface area contributed by atoms with E-state index < -0.39 is 0 Å². The number of aryl methyl sites for hydroxylation is 1. The number of imidazole rings is 1. The molecule has 17 heavy (non-hydrogen) atoms. The Kier molecular flexibility index (Phi) is 3.43. The molecule has 0 radical (unpaired) electrons. The molecule has 2 rings (SSSR count). The Labute approximate surface area is 106 Å². The first-order valence-corrected chi connectivity index (χ1v) is 5.95. The molecule has 2 heterocycles. The van der Waals surface area contributed by atoms with Crippen molar-refractivity contribution in [2.45, 2.75) is 20.3 Å². The van der Waals surface area contributed by atoms with E-state index in [4.69, 9.17) is 11.6 Å². The summed E-state index contributed by atoms with van der Waals surface area (Å²) >= 11 is 6.01. The van der Waals surface area contributed by atoms with Crippen LogP contribution in [0.1, 0.15) is 19.5 Å². The van der Waals surface area contributed by atoms with Crippen LogP contribution in [-0.4, -0.2) is 19.5 Å². The van der Waals surface area contributed by atoms with Crippen molar-refractivity contribution in [3.63, 3.8) is 0 Å². The van der Waals surface area contributed by atoms with E-state index in [9.17, 15) is 0 Å². The molecule has 0 amide bonds. The maximum absolute atomic E-state index is 6.01. The molecule has 0 atom stereocenters. The Morgan fingerprint density at radius 3 is 2.71 bits per heavy atom. The van der Waals surface area contributed by atoms with Crippen LogP contribution in [0.25, 0.3) is 11.6 Å². The maximum Gasteiger partial charge on any atom is 0.197 e. The van der Waals surface area contributed by atoms with Gasteiger partial charge in [0.05, 0.1) is 0 Å². The summed E-state index contributed by atoms with van der Waals surface area (Å²) in [6.45, 7) is 4.30. The number of rotatable bonds is 3. The first-order chi connectivity index (χ1) is 8.06. The van der Waals surface area contributed by atoms with Crippen LogP contribution in [0.15, 0.2) is 18.5 Å². The molecule has 2 aromatic rings. The predicted octanol–water partition coefficient (Wildman–Crippen LogP) is 2.73. The van der Waals surface area contributed by atoms with E-state index in [-0.39, 0.29) is 0 Å². The quantitative estimate of drug-likeness (QED) is 0.787. The van der Waals surface area contributed by atoms with Gasteiger partial charge in [-0.05, 0) is 18.4 Å². The standard InChI is InChI=1S/C12H15ClN4/c1-8(2)6-9-7-10(13)16-11(15-9)12-14-4-5-17(12)3/h4-5,7-8H,6H2,1-3H3. The Bertz CT molecular complexity index is 519. The summed E-state index contributed by atoms with van der Waals surface area (Å²) < 4.78 is 1.88. The van der Waals surface area contributed by atoms with Gasteiger partial charge in [-0.15, -0.1) is 0 Å². The van der Waals surface area contributed by atoms with Gasteiger partial charge in [-0.2, -0.15) is 0 Å². The fourth-order valence-corrected chi connectivity index (χ4v) is 1.87. The maximum atomic E-state index is 6.01. The van der Waals surface area contributed by atoms with Crippen LogP contribution in [-0.2, 0) is 13.5 Å². The van der Waals surface area contributed by atoms with E-state index in [1.54, 1.807) is 6.20 Å². The Morgan fingerprint density at radius 1 is 1.35 bits per heavy atom. The van der Waals surface area contributed by atoms with Crippen molar-refractivity contribution in [1.29, 1.82) is 0 Å². The van der Waals surface area contributed by atoms with Gasteiger partial charge in [0, 0.05) is 25.1 Å². The molecule has 0 aromatic carbocycles. The monoisotopic (exact) mass is 250 g/mol. The minimum atomic E-state index is 0.466. The highest BCUT2D eigenvalue weighted by Crippen LogP contribution is 2.17. The number of nitrogens with zero attached hydrogens (tertiary/aromatic N) is 4. The van der Waals surface area contributed by atoms with Gasteiger partial charge in [0.15, 0.2) is 11.6 Å². The number of halogens is 1. The molecule has 0 fully saturated rings. The smallest absolute Gasteiger partial charge is 0.197 e. The SMILES string of the molecule is CC(C)Cc1cc(Cl)nc(-c2nccn2C)n1. The van der Waals surface area contributed by atoms with Crippen LogP contribution in [0, 0.1) is 5.92 Å². The van der Waals surface area contributed by atoms with E-state index >= 15 is 0 Å². The Balaban J connectivity index is 2.42. The number of hydrogen-bond acceptors (Lipinski definition) is 3. The molecule has 0 N–H and O–H groups in total. The van der Waals surface area contributed by atoms with Crippen LogP contribution in [0.4, 0.5) is 0 Å². The van der Waals surface area contributed by atoms with Crippen LogP contribution >= 0.6 is 11.6 Å². The summed E-state index contributed by atoms with van der Waals surface area (Å²) in [4.78, 5) is 12.9. The fourth-order valence-electron chi connectivity index (χ4n) is 1.67. The highest BCUT2D eigenvalue weighted by Gasteiger charge is 2.10. The molecule has 0 bridgehead atoms. The van der Waals surface area contributed by atoms with Gasteiger partial charge in [-0.3, -0.25) is 0 Å². The van der Waals surface area contributed by atoms with Crippen molar-refractivity contribution in [3.05, 3.63) is 29.3 Å². The molecule has 0 aliphatic rings. The zero-order valence-electron chi connectivity index (χ0n) is 10.2. The highest BCUT2D eigenvalue weighted by molar-refractivity contribution is 6.29. The van der Waals surface area contributed by atoms with Gasteiger partial charge in [0.2, 0.25) is 0 Å². The van der Waals surface area contributed by atoms with Crippen molar-refractivity contribution < 1.29 is 0 Å². The van der Waals surface area contributed by atoms with Gasteiger partial charge in [0.1, 0.15) is 5.15 Å². The number of aromatic nitrogens is 4. The summed E-state index contributed by atoms with van der Waals surface area (Å²) in [5.74, 6) is 1.85. The molecule has 0 aliphatic carbocycles. The van der Waals surface area contributed by atoms with Crippen LogP contribution < -0.4 is 0 Å². The summed E-state index contributed by atoms with van der Waals surface area (Å²) in [5.41, 5.74) is 0.956. The van der Waals surface area contributed by atoms with E-state index in [1.807, 2.05) is 23.9 Å². The largest absolute Gasteiger partial charge is 0.331 e. The molecular weight excluding hydrogens is 236 g/mol. The van der Waals surface area contributed by atoms with Gasteiger partial charge in [-0.25, -0.2) is 15.0 Å². The van der Waals surface area contributed by atoms with Crippen molar-refractivity contribution in [2.24, 2.45) is 13.0 Å². The normalized spacial score (nSPS) is 11.1. The third kappa shape index (κ3) is 2.82. The van der Waals surface area contributed by atoms with Crippen molar-refractivity contribution in [1.82, 2.24) is 19.5 Å². The zero-order chi connectivity index (χ0) is 12.4. The van der Waals surface area contributed by atoms with Crippen LogP contribution in [0.3, 0.4) is 0 Å². The van der Waals surface area contributed by atoms with Crippen molar-refractivity contribution >= 4 is 11.6 Å². The van der Waals surface area contributed by atoms with Gasteiger partial charge in [-0.1, -0.05) is 25.4 Å². The summed E-state index contributed by atoms with van der Waals surface area (Å²) in [6.07, 6.45) is 4.48. The van der Waals surface area contributed by atoms with Crippen molar-refractivity contribution in [2.75, 3.05) is 0 Å². The fraction of sp³-hybridized carbons (Fsp3) is 0.417. The van der Waals surface area contributed by atoms with E-state index in [1.165, 1.54) is 0 Å². The molecule has 0 saturated heterocycles. The lowest BCUT2D eigenvalue weighted by atomic mass is 10.1. The average molecular weight is 251 g/mol. The third-order valence-corrected chi connectivity index (χ3v) is 2.58. The van der Waals surface area contributed by atoms with E-state index in [0.29, 0.717) is 16.9 Å². The number of hydrogen-bond donors (Lipinski definition) is 0. The summed E-state index contributed by atoms with van der Waals surface area (Å²) in [6, 6.07) is 1.81. The molecule has 2 aromatic heterocycles. The molecule has 0 aliphatic heterocycles. The van der Waals surface area contributed by atoms with Gasteiger partial charge >= 0.3 is 0 Å². The topological polar surface area (TPSA) is 43.6 Å². The molecule has 0 unspecified atom stereocenters. The first kappa shape index (κ1) is 12.0. The molecule has 4 nitrogen and oxygen atoms in total. The van der Waals surface area contributed by atoms with Gasteiger partial charge < -0.3 is 4.57 Å². The Hall–Kier alpha value is -1.42. The van der Waals surface area contributed by atoms with Gasteiger partial charge in [0.25, 0.3) is 0 Å². The first-order valence-electron chi connectivity index (χ1n) is 5.57. The predicted molar refractivity (Wildman–Crippen MR) is 67.8 cm³/mol. The zero-order valence-corrected chi connectivity index (χ0v) is 10.9. The second kappa shape index (κ2) is 4.84. The lowest BCUT2D eigenvalue weighted by molar-refractivity contribution is 0.634. The summed E-state index contributed by atoms with van der Waals surface area (Å²) in [5, 5.41) is 0.466. The van der Waals surface area contributed by atoms with E-state index in [2.05, 4.69) is 28.8 Å². The molecule has 90 valence electrons. The minimum Gasteiger partial charge on any atom is -0.331 e. The van der Waals surface area contributed by atoms with Crippen LogP contribution in [0.5, 0.6) is 0 Å². The molecule has 0 spiro atoms. The van der Waals surface area contributed by atoms with E-state index in [0.717, 1.165) is 17.9 Å². The summed E-state index contributed by atoms with van der Waals surface area (Å²) in [7, 11) is 1.91. The molecule has 5 heteroatoms. The van der Waals surface area contributed by atoms with Crippen molar-refractivity contribution in [3.8, 4) is 11.6 Å². The molecular formula is C12H15ClN4. The second-order valence-electron chi connectivity index (χ2n) is 4.47. The molecule has 0 saturated carbocycles.